The fourth-order valence-electron chi connectivity index (χ4n) is 1.42. The Bertz CT molecular complexity index is 426. The summed E-state index contributed by atoms with van der Waals surface area (Å²) in [5, 5.41) is 3.26. The molecule has 2 aromatic rings. The zero-order valence-electron chi connectivity index (χ0n) is 8.64. The van der Waals surface area contributed by atoms with Crippen LogP contribution < -0.4 is 5.32 Å². The number of aromatic nitrogens is 2. The average molecular weight is 199 g/mol. The third-order valence-electron chi connectivity index (χ3n) is 2.14. The van der Waals surface area contributed by atoms with Crippen molar-refractivity contribution in [3.63, 3.8) is 0 Å². The molecule has 0 aliphatic rings. The van der Waals surface area contributed by atoms with E-state index in [4.69, 9.17) is 0 Å². The van der Waals surface area contributed by atoms with Gasteiger partial charge in [0.25, 0.3) is 0 Å². The van der Waals surface area contributed by atoms with Gasteiger partial charge in [0.1, 0.15) is 6.33 Å². The highest BCUT2D eigenvalue weighted by atomic mass is 14.9. The van der Waals surface area contributed by atoms with Crippen LogP contribution in [0.1, 0.15) is 11.1 Å². The van der Waals surface area contributed by atoms with Gasteiger partial charge in [0.15, 0.2) is 0 Å². The molecule has 76 valence electrons. The molecule has 0 aliphatic carbocycles. The van der Waals surface area contributed by atoms with Gasteiger partial charge in [-0.3, -0.25) is 0 Å². The van der Waals surface area contributed by atoms with Crippen LogP contribution in [-0.2, 0) is 6.54 Å². The Hall–Kier alpha value is -1.90. The van der Waals surface area contributed by atoms with E-state index in [1.54, 1.807) is 12.4 Å². The summed E-state index contributed by atoms with van der Waals surface area (Å²) in [7, 11) is 0. The molecule has 0 saturated heterocycles. The van der Waals surface area contributed by atoms with Crippen molar-refractivity contribution in [2.24, 2.45) is 0 Å². The first-order valence-electron chi connectivity index (χ1n) is 4.89. The lowest BCUT2D eigenvalue weighted by Crippen LogP contribution is -2.00. The first kappa shape index (κ1) is 9.65. The van der Waals surface area contributed by atoms with Gasteiger partial charge in [-0.25, -0.2) is 9.97 Å². The van der Waals surface area contributed by atoms with E-state index >= 15 is 0 Å². The van der Waals surface area contributed by atoms with E-state index in [0.29, 0.717) is 0 Å². The second-order valence-corrected chi connectivity index (χ2v) is 3.47. The molecular weight excluding hydrogens is 186 g/mol. The number of benzene rings is 1. The fraction of sp³-hybridized carbons (Fsp3) is 0.167. The zero-order chi connectivity index (χ0) is 10.5. The van der Waals surface area contributed by atoms with Gasteiger partial charge < -0.3 is 5.32 Å². The first-order chi connectivity index (χ1) is 7.34. The molecule has 0 saturated carbocycles. The van der Waals surface area contributed by atoms with Crippen molar-refractivity contribution in [3.8, 4) is 0 Å². The Morgan fingerprint density at radius 3 is 2.73 bits per heavy atom. The van der Waals surface area contributed by atoms with E-state index in [0.717, 1.165) is 12.2 Å². The van der Waals surface area contributed by atoms with Crippen LogP contribution in [0.25, 0.3) is 0 Å². The number of hydrogen-bond acceptors (Lipinski definition) is 3. The lowest BCUT2D eigenvalue weighted by atomic mass is 10.1. The number of hydrogen-bond donors (Lipinski definition) is 1. The first-order valence-corrected chi connectivity index (χ1v) is 4.89. The Balaban J connectivity index is 1.99. The summed E-state index contributed by atoms with van der Waals surface area (Å²) in [6, 6.07) is 8.42. The molecule has 15 heavy (non-hydrogen) atoms. The van der Waals surface area contributed by atoms with Crippen molar-refractivity contribution < 1.29 is 0 Å². The molecule has 0 fully saturated rings. The van der Waals surface area contributed by atoms with Gasteiger partial charge in [-0.15, -0.1) is 0 Å². The normalized spacial score (nSPS) is 9.93. The van der Waals surface area contributed by atoms with Crippen molar-refractivity contribution in [1.82, 2.24) is 9.97 Å². The summed E-state index contributed by atoms with van der Waals surface area (Å²) in [4.78, 5) is 7.88. The molecule has 0 bridgehead atoms. The standard InChI is InChI=1S/C12H13N3/c1-10-3-2-4-11(5-10)6-15-12-7-13-9-14-8-12/h2-5,7-9,15H,6H2,1H3. The molecule has 0 unspecified atom stereocenters. The molecule has 0 radical (unpaired) electrons. The van der Waals surface area contributed by atoms with Gasteiger partial charge in [0.05, 0.1) is 18.1 Å². The van der Waals surface area contributed by atoms with Gasteiger partial charge in [-0.2, -0.15) is 0 Å². The lowest BCUT2D eigenvalue weighted by Gasteiger charge is -2.05. The summed E-state index contributed by atoms with van der Waals surface area (Å²) in [5.41, 5.74) is 3.48. The van der Waals surface area contributed by atoms with Crippen molar-refractivity contribution >= 4 is 5.69 Å². The zero-order valence-corrected chi connectivity index (χ0v) is 8.64. The van der Waals surface area contributed by atoms with Crippen molar-refractivity contribution in [3.05, 3.63) is 54.1 Å². The van der Waals surface area contributed by atoms with E-state index in [-0.39, 0.29) is 0 Å². The molecule has 0 amide bonds. The molecule has 0 atom stereocenters. The smallest absolute Gasteiger partial charge is 0.115 e. The van der Waals surface area contributed by atoms with Crippen LogP contribution in [0.3, 0.4) is 0 Å². The highest BCUT2D eigenvalue weighted by Crippen LogP contribution is 2.07. The van der Waals surface area contributed by atoms with Crippen LogP contribution in [0.5, 0.6) is 0 Å². The quantitative estimate of drug-likeness (QED) is 0.824. The minimum absolute atomic E-state index is 0.801. The average Bonchev–Trinajstić information content (AvgIpc) is 2.28. The number of rotatable bonds is 3. The number of nitrogens with one attached hydrogen (secondary N) is 1. The van der Waals surface area contributed by atoms with Gasteiger partial charge in [-0.1, -0.05) is 29.8 Å². The summed E-state index contributed by atoms with van der Waals surface area (Å²) < 4.78 is 0. The number of anilines is 1. The highest BCUT2D eigenvalue weighted by Gasteiger charge is 1.94. The van der Waals surface area contributed by atoms with Crippen LogP contribution in [0, 0.1) is 6.92 Å². The maximum atomic E-state index is 3.94. The van der Waals surface area contributed by atoms with E-state index in [2.05, 4.69) is 46.5 Å². The van der Waals surface area contributed by atoms with Crippen molar-refractivity contribution in [2.45, 2.75) is 13.5 Å². The van der Waals surface area contributed by atoms with Gasteiger partial charge in [0, 0.05) is 6.54 Å². The molecule has 0 aliphatic heterocycles. The molecule has 1 aromatic carbocycles. The molecule has 0 spiro atoms. The van der Waals surface area contributed by atoms with Crippen LogP contribution in [0.2, 0.25) is 0 Å². The minimum atomic E-state index is 0.801. The van der Waals surface area contributed by atoms with Gasteiger partial charge >= 0.3 is 0 Å². The Morgan fingerprint density at radius 1 is 1.20 bits per heavy atom. The number of nitrogens with zero attached hydrogens (tertiary/aromatic N) is 2. The maximum absolute atomic E-state index is 3.94. The van der Waals surface area contributed by atoms with E-state index in [1.807, 2.05) is 0 Å². The van der Waals surface area contributed by atoms with Crippen molar-refractivity contribution in [1.29, 1.82) is 0 Å². The molecule has 2 rings (SSSR count). The largest absolute Gasteiger partial charge is 0.378 e. The van der Waals surface area contributed by atoms with E-state index in [9.17, 15) is 0 Å². The van der Waals surface area contributed by atoms with Crippen LogP contribution in [0.15, 0.2) is 43.0 Å². The topological polar surface area (TPSA) is 37.8 Å². The summed E-state index contributed by atoms with van der Waals surface area (Å²) in [6.45, 7) is 2.89. The number of aryl methyl sites for hydroxylation is 1. The summed E-state index contributed by atoms with van der Waals surface area (Å²) in [5.74, 6) is 0. The summed E-state index contributed by atoms with van der Waals surface area (Å²) in [6.07, 6.45) is 5.06. The molecule has 1 N–H and O–H groups in total. The molecule has 3 heteroatoms. The highest BCUT2D eigenvalue weighted by molar-refractivity contribution is 5.38. The van der Waals surface area contributed by atoms with Crippen LogP contribution in [0.4, 0.5) is 5.69 Å². The van der Waals surface area contributed by atoms with Crippen LogP contribution in [-0.4, -0.2) is 9.97 Å². The Morgan fingerprint density at radius 2 is 2.00 bits per heavy atom. The van der Waals surface area contributed by atoms with Gasteiger partial charge in [0.2, 0.25) is 0 Å². The molecule has 1 aromatic heterocycles. The fourth-order valence-corrected chi connectivity index (χ4v) is 1.42. The second kappa shape index (κ2) is 4.55. The SMILES string of the molecule is Cc1cccc(CNc2cncnc2)c1. The van der Waals surface area contributed by atoms with Crippen LogP contribution >= 0.6 is 0 Å². The molecular formula is C12H13N3. The monoisotopic (exact) mass is 199 g/mol. The van der Waals surface area contributed by atoms with Crippen molar-refractivity contribution in [2.75, 3.05) is 5.32 Å². The third-order valence-corrected chi connectivity index (χ3v) is 2.14. The Kier molecular flexibility index (Phi) is 2.93. The van der Waals surface area contributed by atoms with E-state index in [1.165, 1.54) is 17.5 Å². The molecule has 1 heterocycles. The second-order valence-electron chi connectivity index (χ2n) is 3.47. The maximum Gasteiger partial charge on any atom is 0.115 e. The predicted molar refractivity (Wildman–Crippen MR) is 60.5 cm³/mol. The summed E-state index contributed by atoms with van der Waals surface area (Å²) >= 11 is 0. The third kappa shape index (κ3) is 2.77. The predicted octanol–water partition coefficient (Wildman–Crippen LogP) is 2.40. The van der Waals surface area contributed by atoms with E-state index < -0.39 is 0 Å². The minimum Gasteiger partial charge on any atom is -0.378 e. The molecule has 3 nitrogen and oxygen atoms in total. The lowest BCUT2D eigenvalue weighted by molar-refractivity contribution is 1.10. The Labute approximate surface area is 89.2 Å². The van der Waals surface area contributed by atoms with Gasteiger partial charge in [-0.05, 0) is 12.5 Å².